The van der Waals surface area contributed by atoms with Crippen LogP contribution in [0.4, 0.5) is 10.1 Å². The van der Waals surface area contributed by atoms with Gasteiger partial charge >= 0.3 is 5.97 Å². The number of carbonyl (C=O) groups is 3. The molecule has 2 rings (SSSR count). The van der Waals surface area contributed by atoms with E-state index in [1.165, 1.54) is 0 Å². The summed E-state index contributed by atoms with van der Waals surface area (Å²) < 4.78 is 13.1. The number of hydrogen-bond donors (Lipinski definition) is 3. The number of carboxylic acid groups (broad SMARTS) is 1. The van der Waals surface area contributed by atoms with Crippen LogP contribution in [0.5, 0.6) is 0 Å². The number of nitrogens with one attached hydrogen (secondary N) is 2. The number of carbonyl (C=O) groups excluding carboxylic acids is 2. The monoisotopic (exact) mass is 266 g/mol. The smallest absolute Gasteiger partial charge is 0.337 e. The fourth-order valence-corrected chi connectivity index (χ4v) is 1.83. The molecule has 0 radical (unpaired) electrons. The van der Waals surface area contributed by atoms with E-state index >= 15 is 0 Å². The standard InChI is InChI=1S/C12H11FN2O4/c13-7-1-2-8(12(18)19)9(4-7)15-11(17)6-3-10(16)14-5-6/h1-2,4,6H,3,5H2,(H,14,16)(H,15,17)(H,18,19). The van der Waals surface area contributed by atoms with E-state index in [2.05, 4.69) is 10.6 Å². The minimum absolute atomic E-state index is 0.0452. The van der Waals surface area contributed by atoms with Gasteiger partial charge in [-0.25, -0.2) is 9.18 Å². The summed E-state index contributed by atoms with van der Waals surface area (Å²) in [7, 11) is 0. The molecule has 3 N–H and O–H groups in total. The number of carboxylic acids is 1. The van der Waals surface area contributed by atoms with Gasteiger partial charge in [0.2, 0.25) is 11.8 Å². The molecule has 1 atom stereocenters. The lowest BCUT2D eigenvalue weighted by atomic mass is 10.1. The van der Waals surface area contributed by atoms with Gasteiger partial charge in [-0.2, -0.15) is 0 Å². The average Bonchev–Trinajstić information content (AvgIpc) is 2.75. The summed E-state index contributed by atoms with van der Waals surface area (Å²) >= 11 is 0. The largest absolute Gasteiger partial charge is 0.478 e. The molecule has 0 spiro atoms. The van der Waals surface area contributed by atoms with Gasteiger partial charge in [-0.1, -0.05) is 0 Å². The Morgan fingerprint density at radius 2 is 2.16 bits per heavy atom. The first-order chi connectivity index (χ1) is 8.97. The van der Waals surface area contributed by atoms with E-state index in [4.69, 9.17) is 5.11 Å². The molecule has 1 saturated heterocycles. The zero-order valence-electron chi connectivity index (χ0n) is 9.77. The molecule has 0 bridgehead atoms. The maximum absolute atomic E-state index is 13.1. The van der Waals surface area contributed by atoms with Crippen LogP contribution in [0.15, 0.2) is 18.2 Å². The second kappa shape index (κ2) is 5.05. The van der Waals surface area contributed by atoms with Crippen molar-refractivity contribution in [2.24, 2.45) is 5.92 Å². The van der Waals surface area contributed by atoms with Crippen LogP contribution < -0.4 is 10.6 Å². The van der Waals surface area contributed by atoms with Crippen LogP contribution in [0.3, 0.4) is 0 Å². The van der Waals surface area contributed by atoms with Gasteiger partial charge in [0.05, 0.1) is 17.2 Å². The van der Waals surface area contributed by atoms with Crippen molar-refractivity contribution in [1.29, 1.82) is 0 Å². The van der Waals surface area contributed by atoms with E-state index in [1.807, 2.05) is 0 Å². The molecule has 100 valence electrons. The summed E-state index contributed by atoms with van der Waals surface area (Å²) in [5.41, 5.74) is -0.316. The van der Waals surface area contributed by atoms with Gasteiger partial charge in [0.15, 0.2) is 0 Å². The number of aromatic carboxylic acids is 1. The molecule has 1 aromatic carbocycles. The van der Waals surface area contributed by atoms with E-state index < -0.39 is 23.6 Å². The Balaban J connectivity index is 2.18. The van der Waals surface area contributed by atoms with Crippen LogP contribution in [0.1, 0.15) is 16.8 Å². The highest BCUT2D eigenvalue weighted by molar-refractivity contribution is 6.02. The van der Waals surface area contributed by atoms with Crippen molar-refractivity contribution in [3.05, 3.63) is 29.6 Å². The Labute approximate surface area is 107 Å². The van der Waals surface area contributed by atoms with E-state index in [0.717, 1.165) is 18.2 Å². The third-order valence-corrected chi connectivity index (χ3v) is 2.82. The van der Waals surface area contributed by atoms with Gasteiger partial charge in [-0.3, -0.25) is 9.59 Å². The molecule has 19 heavy (non-hydrogen) atoms. The van der Waals surface area contributed by atoms with Gasteiger partial charge in [0.1, 0.15) is 5.82 Å². The molecule has 1 heterocycles. The molecule has 6 nitrogen and oxygen atoms in total. The SMILES string of the molecule is O=C1CC(C(=O)Nc2cc(F)ccc2C(=O)O)CN1. The Hall–Kier alpha value is -2.44. The summed E-state index contributed by atoms with van der Waals surface area (Å²) in [6.45, 7) is 0.197. The lowest BCUT2D eigenvalue weighted by Crippen LogP contribution is -2.25. The van der Waals surface area contributed by atoms with Crippen molar-refractivity contribution in [3.63, 3.8) is 0 Å². The zero-order valence-corrected chi connectivity index (χ0v) is 9.77. The lowest BCUT2D eigenvalue weighted by Gasteiger charge is -2.11. The Bertz CT molecular complexity index is 559. The van der Waals surface area contributed by atoms with Crippen LogP contribution in [-0.2, 0) is 9.59 Å². The van der Waals surface area contributed by atoms with E-state index in [0.29, 0.717) is 0 Å². The molecule has 1 unspecified atom stereocenters. The Kier molecular flexibility index (Phi) is 3.46. The van der Waals surface area contributed by atoms with Crippen molar-refractivity contribution < 1.29 is 23.9 Å². The van der Waals surface area contributed by atoms with Crippen LogP contribution in [0.25, 0.3) is 0 Å². The second-order valence-electron chi connectivity index (χ2n) is 4.19. The highest BCUT2D eigenvalue weighted by atomic mass is 19.1. The minimum Gasteiger partial charge on any atom is -0.478 e. The second-order valence-corrected chi connectivity index (χ2v) is 4.19. The maximum Gasteiger partial charge on any atom is 0.337 e. The molecule has 0 saturated carbocycles. The normalized spacial score (nSPS) is 17.9. The zero-order chi connectivity index (χ0) is 14.0. The summed E-state index contributed by atoms with van der Waals surface area (Å²) in [5.74, 6) is -3.24. The molecule has 1 aliphatic rings. The molecular weight excluding hydrogens is 255 g/mol. The number of benzene rings is 1. The summed E-state index contributed by atoms with van der Waals surface area (Å²) in [4.78, 5) is 33.8. The van der Waals surface area contributed by atoms with Crippen LogP contribution >= 0.6 is 0 Å². The molecule has 1 fully saturated rings. The van der Waals surface area contributed by atoms with Crippen molar-refractivity contribution in [2.75, 3.05) is 11.9 Å². The highest BCUT2D eigenvalue weighted by Crippen LogP contribution is 2.19. The number of amides is 2. The number of hydrogen-bond acceptors (Lipinski definition) is 3. The molecule has 0 aromatic heterocycles. The van der Waals surface area contributed by atoms with Crippen molar-refractivity contribution in [2.45, 2.75) is 6.42 Å². The molecule has 1 aliphatic heterocycles. The van der Waals surface area contributed by atoms with Crippen LogP contribution in [0, 0.1) is 11.7 Å². The van der Waals surface area contributed by atoms with Crippen molar-refractivity contribution in [1.82, 2.24) is 5.32 Å². The number of anilines is 1. The Morgan fingerprint density at radius 3 is 2.74 bits per heavy atom. The quantitative estimate of drug-likeness (QED) is 0.746. The third kappa shape index (κ3) is 2.87. The van der Waals surface area contributed by atoms with Gasteiger partial charge in [0, 0.05) is 13.0 Å². The third-order valence-electron chi connectivity index (χ3n) is 2.82. The van der Waals surface area contributed by atoms with Gasteiger partial charge in [-0.15, -0.1) is 0 Å². The van der Waals surface area contributed by atoms with Gasteiger partial charge in [0.25, 0.3) is 0 Å². The first-order valence-electron chi connectivity index (χ1n) is 5.58. The molecular formula is C12H11FN2O4. The molecule has 7 heteroatoms. The fraction of sp³-hybridized carbons (Fsp3) is 0.250. The van der Waals surface area contributed by atoms with Gasteiger partial charge in [-0.05, 0) is 18.2 Å². The molecule has 1 aromatic rings. The summed E-state index contributed by atoms with van der Waals surface area (Å²) in [5, 5.41) is 13.8. The first-order valence-corrected chi connectivity index (χ1v) is 5.58. The van der Waals surface area contributed by atoms with Gasteiger partial charge < -0.3 is 15.7 Å². The Morgan fingerprint density at radius 1 is 1.42 bits per heavy atom. The highest BCUT2D eigenvalue weighted by Gasteiger charge is 2.28. The molecule has 2 amide bonds. The predicted molar refractivity (Wildman–Crippen MR) is 63.1 cm³/mol. The van der Waals surface area contributed by atoms with Crippen molar-refractivity contribution in [3.8, 4) is 0 Å². The number of halogens is 1. The van der Waals surface area contributed by atoms with Crippen LogP contribution in [-0.4, -0.2) is 29.4 Å². The first kappa shape index (κ1) is 13.0. The lowest BCUT2D eigenvalue weighted by molar-refractivity contribution is -0.123. The number of rotatable bonds is 3. The van der Waals surface area contributed by atoms with E-state index in [1.54, 1.807) is 0 Å². The van der Waals surface area contributed by atoms with E-state index in [-0.39, 0.29) is 30.1 Å². The van der Waals surface area contributed by atoms with E-state index in [9.17, 15) is 18.8 Å². The predicted octanol–water partition coefficient (Wildman–Crippen LogP) is 0.599. The average molecular weight is 266 g/mol. The topological polar surface area (TPSA) is 95.5 Å². The fourth-order valence-electron chi connectivity index (χ4n) is 1.83. The van der Waals surface area contributed by atoms with Crippen LogP contribution in [0.2, 0.25) is 0 Å². The molecule has 0 aliphatic carbocycles. The summed E-state index contributed by atoms with van der Waals surface area (Å²) in [6, 6.07) is 3.01. The summed E-state index contributed by atoms with van der Waals surface area (Å²) in [6.07, 6.45) is 0.0452. The van der Waals surface area contributed by atoms with Crippen molar-refractivity contribution >= 4 is 23.5 Å². The minimum atomic E-state index is -1.27. The maximum atomic E-state index is 13.1.